The summed E-state index contributed by atoms with van der Waals surface area (Å²) in [4.78, 5) is 11.2. The van der Waals surface area contributed by atoms with Crippen LogP contribution < -0.4 is 4.90 Å². The van der Waals surface area contributed by atoms with Gasteiger partial charge in [-0.05, 0) is 29.6 Å². The number of halogens is 2. The van der Waals surface area contributed by atoms with Gasteiger partial charge in [0.1, 0.15) is 17.0 Å². The lowest BCUT2D eigenvalue weighted by Crippen LogP contribution is -2.49. The van der Waals surface area contributed by atoms with Crippen LogP contribution in [-0.4, -0.2) is 48.9 Å². The maximum absolute atomic E-state index is 13.4. The number of hydrogen-bond acceptors (Lipinski definition) is 6. The number of fused-ring (bicyclic) bond motifs is 1. The van der Waals surface area contributed by atoms with Gasteiger partial charge in [-0.25, -0.2) is 27.2 Å². The van der Waals surface area contributed by atoms with Gasteiger partial charge in [0.25, 0.3) is 0 Å². The largest absolute Gasteiger partial charge is 0.353 e. The third-order valence-electron chi connectivity index (χ3n) is 4.31. The monoisotopic (exact) mass is 396 g/mol. The van der Waals surface area contributed by atoms with Gasteiger partial charge in [0.15, 0.2) is 11.6 Å². The molecule has 3 aromatic rings. The normalized spacial score (nSPS) is 16.3. The number of anilines is 1. The highest BCUT2D eigenvalue weighted by molar-refractivity contribution is 7.89. The Balaban J connectivity index is 1.54. The fourth-order valence-electron chi connectivity index (χ4n) is 2.96. The standard InChI is InChI=1S/C16H14F2N4O2S2/c17-13-2-1-11(9-14(13)18)26(23,24)22-6-4-21(5-7-22)15-12-3-8-25-16(12)20-10-19-15/h1-3,8-10H,4-7H2. The second-order valence-corrected chi connectivity index (χ2v) is 8.64. The number of benzene rings is 1. The van der Waals surface area contributed by atoms with Crippen molar-refractivity contribution < 1.29 is 17.2 Å². The molecule has 0 aliphatic carbocycles. The number of hydrogen-bond donors (Lipinski definition) is 0. The van der Waals surface area contributed by atoms with Crippen molar-refractivity contribution in [2.75, 3.05) is 31.1 Å². The summed E-state index contributed by atoms with van der Waals surface area (Å²) in [6, 6.07) is 4.57. The predicted octanol–water partition coefficient (Wildman–Crippen LogP) is 2.48. The van der Waals surface area contributed by atoms with Crippen LogP contribution in [0.2, 0.25) is 0 Å². The van der Waals surface area contributed by atoms with Crippen LogP contribution in [-0.2, 0) is 10.0 Å². The highest BCUT2D eigenvalue weighted by Crippen LogP contribution is 2.28. The maximum Gasteiger partial charge on any atom is 0.243 e. The number of nitrogens with zero attached hydrogens (tertiary/aromatic N) is 4. The lowest BCUT2D eigenvalue weighted by atomic mass is 10.3. The van der Waals surface area contributed by atoms with E-state index >= 15 is 0 Å². The SMILES string of the molecule is O=S(=O)(c1ccc(F)c(F)c1)N1CCN(c2ncnc3sccc23)CC1. The van der Waals surface area contributed by atoms with Crippen LogP contribution >= 0.6 is 11.3 Å². The van der Waals surface area contributed by atoms with Crippen LogP contribution in [0.3, 0.4) is 0 Å². The number of thiophene rings is 1. The van der Waals surface area contributed by atoms with E-state index in [0.717, 1.165) is 34.2 Å². The Morgan fingerprint density at radius 2 is 1.77 bits per heavy atom. The Kier molecular flexibility index (Phi) is 4.33. The molecule has 4 rings (SSSR count). The van der Waals surface area contributed by atoms with Crippen molar-refractivity contribution in [2.24, 2.45) is 0 Å². The lowest BCUT2D eigenvalue weighted by molar-refractivity contribution is 0.383. The summed E-state index contributed by atoms with van der Waals surface area (Å²) in [6.45, 7) is 1.36. The zero-order valence-corrected chi connectivity index (χ0v) is 15.1. The van der Waals surface area contributed by atoms with Crippen molar-refractivity contribution in [3.8, 4) is 0 Å². The van der Waals surface area contributed by atoms with Crippen LogP contribution in [0.4, 0.5) is 14.6 Å². The first-order valence-electron chi connectivity index (χ1n) is 7.85. The zero-order valence-electron chi connectivity index (χ0n) is 13.5. The minimum Gasteiger partial charge on any atom is -0.353 e. The second-order valence-electron chi connectivity index (χ2n) is 5.80. The van der Waals surface area contributed by atoms with Gasteiger partial charge in [-0.1, -0.05) is 0 Å². The third-order valence-corrected chi connectivity index (χ3v) is 7.02. The van der Waals surface area contributed by atoms with Crippen LogP contribution in [0.5, 0.6) is 0 Å². The molecule has 3 heterocycles. The molecule has 0 N–H and O–H groups in total. The molecule has 0 unspecified atom stereocenters. The van der Waals surface area contributed by atoms with Crippen molar-refractivity contribution in [2.45, 2.75) is 4.90 Å². The van der Waals surface area contributed by atoms with E-state index in [4.69, 9.17) is 0 Å². The van der Waals surface area contributed by atoms with Gasteiger partial charge in [0, 0.05) is 26.2 Å². The molecule has 6 nitrogen and oxygen atoms in total. The van der Waals surface area contributed by atoms with Gasteiger partial charge < -0.3 is 4.90 Å². The second kappa shape index (κ2) is 6.53. The molecule has 0 spiro atoms. The molecule has 1 fully saturated rings. The highest BCUT2D eigenvalue weighted by atomic mass is 32.2. The third kappa shape index (κ3) is 2.93. The number of rotatable bonds is 3. The van der Waals surface area contributed by atoms with Gasteiger partial charge in [0.2, 0.25) is 10.0 Å². The quantitative estimate of drug-likeness (QED) is 0.681. The van der Waals surface area contributed by atoms with E-state index in [1.54, 1.807) is 0 Å². The molecular weight excluding hydrogens is 382 g/mol. The lowest BCUT2D eigenvalue weighted by Gasteiger charge is -2.34. The minimum atomic E-state index is -3.87. The molecule has 1 saturated heterocycles. The molecule has 1 aromatic carbocycles. The summed E-state index contributed by atoms with van der Waals surface area (Å²) in [6.07, 6.45) is 1.50. The van der Waals surface area contributed by atoms with Crippen LogP contribution in [0.1, 0.15) is 0 Å². The minimum absolute atomic E-state index is 0.233. The first-order valence-corrected chi connectivity index (χ1v) is 10.2. The smallest absolute Gasteiger partial charge is 0.243 e. The van der Waals surface area contributed by atoms with Crippen LogP contribution in [0.15, 0.2) is 40.9 Å². The van der Waals surface area contributed by atoms with E-state index < -0.39 is 21.7 Å². The van der Waals surface area contributed by atoms with Gasteiger partial charge in [-0.3, -0.25) is 0 Å². The molecule has 0 bridgehead atoms. The van der Waals surface area contributed by atoms with Gasteiger partial charge in [-0.2, -0.15) is 4.31 Å². The van der Waals surface area contributed by atoms with E-state index in [9.17, 15) is 17.2 Å². The summed E-state index contributed by atoms with van der Waals surface area (Å²) >= 11 is 1.52. The summed E-state index contributed by atoms with van der Waals surface area (Å²) in [5.74, 6) is -1.47. The summed E-state index contributed by atoms with van der Waals surface area (Å²) in [5.41, 5.74) is 0. The van der Waals surface area contributed by atoms with Gasteiger partial charge in [-0.15, -0.1) is 11.3 Å². The Morgan fingerprint density at radius 3 is 2.50 bits per heavy atom. The molecule has 2 aromatic heterocycles. The molecule has 10 heteroatoms. The maximum atomic E-state index is 13.4. The van der Waals surface area contributed by atoms with E-state index in [-0.39, 0.29) is 18.0 Å². The zero-order chi connectivity index (χ0) is 18.3. The number of aromatic nitrogens is 2. The Morgan fingerprint density at radius 1 is 1.00 bits per heavy atom. The van der Waals surface area contributed by atoms with E-state index in [0.29, 0.717) is 13.1 Å². The first-order chi connectivity index (χ1) is 12.5. The fraction of sp³-hybridized carbons (Fsp3) is 0.250. The summed E-state index contributed by atoms with van der Waals surface area (Å²) < 4.78 is 53.1. The molecular formula is C16H14F2N4O2S2. The van der Waals surface area contributed by atoms with E-state index in [1.165, 1.54) is 22.0 Å². The number of sulfonamides is 1. The van der Waals surface area contributed by atoms with E-state index in [1.807, 2.05) is 16.3 Å². The van der Waals surface area contributed by atoms with Crippen molar-refractivity contribution >= 4 is 37.4 Å². The Hall–Kier alpha value is -2.17. The molecule has 1 aliphatic rings. The fourth-order valence-corrected chi connectivity index (χ4v) is 5.12. The van der Waals surface area contributed by atoms with Gasteiger partial charge in [0.05, 0.1) is 10.3 Å². The van der Waals surface area contributed by atoms with Crippen molar-refractivity contribution in [3.63, 3.8) is 0 Å². The Labute approximate surface area is 152 Å². The summed E-state index contributed by atoms with van der Waals surface area (Å²) in [7, 11) is -3.87. The number of piperazine rings is 1. The molecule has 0 atom stereocenters. The molecule has 1 aliphatic heterocycles. The first kappa shape index (κ1) is 17.3. The topological polar surface area (TPSA) is 66.4 Å². The van der Waals surface area contributed by atoms with E-state index in [2.05, 4.69) is 9.97 Å². The van der Waals surface area contributed by atoms with Gasteiger partial charge >= 0.3 is 0 Å². The van der Waals surface area contributed by atoms with Crippen LogP contribution in [0.25, 0.3) is 10.2 Å². The molecule has 136 valence electrons. The molecule has 0 saturated carbocycles. The van der Waals surface area contributed by atoms with Crippen LogP contribution in [0, 0.1) is 11.6 Å². The average Bonchev–Trinajstić information content (AvgIpc) is 3.13. The summed E-state index contributed by atoms with van der Waals surface area (Å²) in [5, 5.41) is 2.88. The predicted molar refractivity (Wildman–Crippen MR) is 94.7 cm³/mol. The highest BCUT2D eigenvalue weighted by Gasteiger charge is 2.30. The average molecular weight is 396 g/mol. The van der Waals surface area contributed by atoms with Crippen molar-refractivity contribution in [1.82, 2.24) is 14.3 Å². The van der Waals surface area contributed by atoms with Crippen molar-refractivity contribution in [3.05, 3.63) is 47.6 Å². The molecule has 26 heavy (non-hydrogen) atoms. The molecule has 0 amide bonds. The van der Waals surface area contributed by atoms with Crippen molar-refractivity contribution in [1.29, 1.82) is 0 Å². The molecule has 0 radical (unpaired) electrons. The Bertz CT molecular complexity index is 1060.